The van der Waals surface area contributed by atoms with Crippen LogP contribution in [-0.2, 0) is 6.42 Å². The molecular formula is C16H15ClF2. The predicted molar refractivity (Wildman–Crippen MR) is 74.6 cm³/mol. The lowest BCUT2D eigenvalue weighted by atomic mass is 9.99. The van der Waals surface area contributed by atoms with Gasteiger partial charge in [0.1, 0.15) is 11.6 Å². The maximum Gasteiger partial charge on any atom is 0.134 e. The first kappa shape index (κ1) is 14.0. The minimum atomic E-state index is -0.814. The van der Waals surface area contributed by atoms with E-state index in [1.54, 1.807) is 6.92 Å². The molecular weight excluding hydrogens is 266 g/mol. The van der Waals surface area contributed by atoms with Crippen LogP contribution < -0.4 is 0 Å². The van der Waals surface area contributed by atoms with Crippen LogP contribution in [0.4, 0.5) is 8.78 Å². The standard InChI is InChI=1S/C16H15ClF2/c1-3-11-5-7-12(8-6-11)15(17)14-13(18)9-4-10(2)16(14)19/h4-9,15H,3H2,1-2H3. The highest BCUT2D eigenvalue weighted by molar-refractivity contribution is 6.22. The Morgan fingerprint density at radius 2 is 1.68 bits per heavy atom. The molecule has 3 heteroatoms. The summed E-state index contributed by atoms with van der Waals surface area (Å²) in [5.41, 5.74) is 2.18. The van der Waals surface area contributed by atoms with Gasteiger partial charge in [0.2, 0.25) is 0 Å². The Labute approximate surface area is 117 Å². The van der Waals surface area contributed by atoms with Gasteiger partial charge in [0.15, 0.2) is 0 Å². The van der Waals surface area contributed by atoms with Crippen LogP contribution in [-0.4, -0.2) is 0 Å². The maximum atomic E-state index is 14.0. The van der Waals surface area contributed by atoms with Crippen LogP contribution in [0.2, 0.25) is 0 Å². The van der Waals surface area contributed by atoms with E-state index in [1.165, 1.54) is 12.1 Å². The number of alkyl halides is 1. The minimum Gasteiger partial charge on any atom is -0.207 e. The summed E-state index contributed by atoms with van der Waals surface area (Å²) in [5, 5.41) is -0.814. The zero-order chi connectivity index (χ0) is 14.0. The van der Waals surface area contributed by atoms with Crippen molar-refractivity contribution < 1.29 is 8.78 Å². The summed E-state index contributed by atoms with van der Waals surface area (Å²) in [6, 6.07) is 10.2. The Kier molecular flexibility index (Phi) is 4.20. The molecule has 0 bridgehead atoms. The molecule has 0 fully saturated rings. The molecule has 0 aliphatic carbocycles. The number of aryl methyl sites for hydroxylation is 2. The fourth-order valence-electron chi connectivity index (χ4n) is 2.00. The van der Waals surface area contributed by atoms with Gasteiger partial charge in [0.05, 0.1) is 5.38 Å². The molecule has 0 nitrogen and oxygen atoms in total. The number of rotatable bonds is 3. The number of hydrogen-bond donors (Lipinski definition) is 0. The van der Waals surface area contributed by atoms with Crippen LogP contribution in [0.25, 0.3) is 0 Å². The summed E-state index contributed by atoms with van der Waals surface area (Å²) in [4.78, 5) is 0. The van der Waals surface area contributed by atoms with Crippen LogP contribution >= 0.6 is 11.6 Å². The van der Waals surface area contributed by atoms with Crippen LogP contribution in [0.5, 0.6) is 0 Å². The highest BCUT2D eigenvalue weighted by Crippen LogP contribution is 2.33. The molecule has 100 valence electrons. The lowest BCUT2D eigenvalue weighted by molar-refractivity contribution is 0.553. The minimum absolute atomic E-state index is 0.0779. The molecule has 19 heavy (non-hydrogen) atoms. The van der Waals surface area contributed by atoms with Gasteiger partial charge in [0, 0.05) is 5.56 Å². The lowest BCUT2D eigenvalue weighted by Crippen LogP contribution is -2.03. The molecule has 0 aliphatic rings. The fraction of sp³-hybridized carbons (Fsp3) is 0.250. The van der Waals surface area contributed by atoms with Crippen molar-refractivity contribution in [1.82, 2.24) is 0 Å². The molecule has 0 aliphatic heterocycles. The average molecular weight is 281 g/mol. The van der Waals surface area contributed by atoms with Gasteiger partial charge in [-0.25, -0.2) is 8.78 Å². The molecule has 2 aromatic carbocycles. The number of benzene rings is 2. The Bertz CT molecular complexity index is 576. The van der Waals surface area contributed by atoms with Gasteiger partial charge in [0.25, 0.3) is 0 Å². The van der Waals surface area contributed by atoms with E-state index in [4.69, 9.17) is 11.6 Å². The molecule has 0 saturated heterocycles. The average Bonchev–Trinajstić information content (AvgIpc) is 2.43. The first-order valence-electron chi connectivity index (χ1n) is 6.22. The third-order valence-corrected chi connectivity index (χ3v) is 3.72. The van der Waals surface area contributed by atoms with Crippen molar-refractivity contribution in [1.29, 1.82) is 0 Å². The van der Waals surface area contributed by atoms with Crippen LogP contribution in [0, 0.1) is 18.6 Å². The first-order valence-corrected chi connectivity index (χ1v) is 6.65. The van der Waals surface area contributed by atoms with Crippen molar-refractivity contribution in [3.05, 3.63) is 70.3 Å². The quantitative estimate of drug-likeness (QED) is 0.681. The summed E-state index contributed by atoms with van der Waals surface area (Å²) in [6.07, 6.45) is 0.917. The molecule has 1 atom stereocenters. The van der Waals surface area contributed by atoms with Gasteiger partial charge < -0.3 is 0 Å². The summed E-state index contributed by atoms with van der Waals surface area (Å²) < 4.78 is 27.8. The SMILES string of the molecule is CCc1ccc(C(Cl)c2c(F)ccc(C)c2F)cc1. The third-order valence-electron chi connectivity index (χ3n) is 3.25. The Morgan fingerprint density at radius 3 is 2.26 bits per heavy atom. The molecule has 0 amide bonds. The van der Waals surface area contributed by atoms with Crippen LogP contribution in [0.1, 0.15) is 34.6 Å². The molecule has 0 aromatic heterocycles. The van der Waals surface area contributed by atoms with Gasteiger partial charge in [-0.2, -0.15) is 0 Å². The van der Waals surface area contributed by atoms with Crippen molar-refractivity contribution in [2.75, 3.05) is 0 Å². The third kappa shape index (κ3) is 2.79. The van der Waals surface area contributed by atoms with E-state index in [0.717, 1.165) is 12.0 Å². The summed E-state index contributed by atoms with van der Waals surface area (Å²) in [5.74, 6) is -1.18. The van der Waals surface area contributed by atoms with Gasteiger partial charge >= 0.3 is 0 Å². The van der Waals surface area contributed by atoms with Crippen molar-refractivity contribution in [3.8, 4) is 0 Å². The first-order chi connectivity index (χ1) is 9.04. The van der Waals surface area contributed by atoms with E-state index >= 15 is 0 Å². The summed E-state index contributed by atoms with van der Waals surface area (Å²) in [7, 11) is 0. The molecule has 2 rings (SSSR count). The van der Waals surface area contributed by atoms with E-state index in [1.807, 2.05) is 31.2 Å². The van der Waals surface area contributed by atoms with E-state index in [-0.39, 0.29) is 5.56 Å². The molecule has 0 radical (unpaired) electrons. The van der Waals surface area contributed by atoms with Gasteiger partial charge in [-0.15, -0.1) is 11.6 Å². The Hall–Kier alpha value is -1.41. The van der Waals surface area contributed by atoms with E-state index in [2.05, 4.69) is 0 Å². The number of halogens is 3. The van der Waals surface area contributed by atoms with E-state index < -0.39 is 17.0 Å². The van der Waals surface area contributed by atoms with Crippen molar-refractivity contribution in [2.45, 2.75) is 25.6 Å². The van der Waals surface area contributed by atoms with E-state index in [0.29, 0.717) is 11.1 Å². The molecule has 0 saturated carbocycles. The van der Waals surface area contributed by atoms with Gasteiger partial charge in [-0.3, -0.25) is 0 Å². The smallest absolute Gasteiger partial charge is 0.134 e. The van der Waals surface area contributed by atoms with Crippen molar-refractivity contribution in [2.24, 2.45) is 0 Å². The van der Waals surface area contributed by atoms with Crippen LogP contribution in [0.15, 0.2) is 36.4 Å². The second-order valence-electron chi connectivity index (χ2n) is 4.55. The fourth-order valence-corrected chi connectivity index (χ4v) is 2.35. The highest BCUT2D eigenvalue weighted by Gasteiger charge is 2.21. The topological polar surface area (TPSA) is 0 Å². The largest absolute Gasteiger partial charge is 0.207 e. The Balaban J connectivity index is 2.43. The molecule has 2 aromatic rings. The second kappa shape index (κ2) is 5.70. The number of hydrogen-bond acceptors (Lipinski definition) is 0. The molecule has 0 heterocycles. The molecule has 0 N–H and O–H groups in total. The van der Waals surface area contributed by atoms with Gasteiger partial charge in [-0.05, 0) is 36.1 Å². The predicted octanol–water partition coefficient (Wildman–Crippen LogP) is 5.16. The van der Waals surface area contributed by atoms with Gasteiger partial charge in [-0.1, -0.05) is 37.3 Å². The monoisotopic (exact) mass is 280 g/mol. The van der Waals surface area contributed by atoms with Crippen molar-refractivity contribution in [3.63, 3.8) is 0 Å². The lowest BCUT2D eigenvalue weighted by Gasteiger charge is -2.14. The normalized spacial score (nSPS) is 12.5. The second-order valence-corrected chi connectivity index (χ2v) is 4.99. The van der Waals surface area contributed by atoms with Crippen LogP contribution in [0.3, 0.4) is 0 Å². The molecule has 1 unspecified atom stereocenters. The Morgan fingerprint density at radius 1 is 1.05 bits per heavy atom. The zero-order valence-electron chi connectivity index (χ0n) is 10.9. The maximum absolute atomic E-state index is 14.0. The zero-order valence-corrected chi connectivity index (χ0v) is 11.6. The highest BCUT2D eigenvalue weighted by atomic mass is 35.5. The van der Waals surface area contributed by atoms with Crippen molar-refractivity contribution >= 4 is 11.6 Å². The van der Waals surface area contributed by atoms with E-state index in [9.17, 15) is 8.78 Å². The summed E-state index contributed by atoms with van der Waals surface area (Å²) >= 11 is 6.23. The molecule has 0 spiro atoms. The summed E-state index contributed by atoms with van der Waals surface area (Å²) in [6.45, 7) is 3.65.